The van der Waals surface area contributed by atoms with Gasteiger partial charge in [0.25, 0.3) is 0 Å². The van der Waals surface area contributed by atoms with E-state index < -0.39 is 0 Å². The molecule has 0 fully saturated rings. The second-order valence-electron chi connectivity index (χ2n) is 6.96. The van der Waals surface area contributed by atoms with Crippen LogP contribution in [0.1, 0.15) is 19.4 Å². The molecule has 0 amide bonds. The van der Waals surface area contributed by atoms with Gasteiger partial charge < -0.3 is 30.7 Å². The van der Waals surface area contributed by atoms with Crippen LogP contribution >= 0.6 is 0 Å². The predicted molar refractivity (Wildman–Crippen MR) is 107 cm³/mol. The van der Waals surface area contributed by atoms with Crippen LogP contribution in [0.15, 0.2) is 12.1 Å². The molecule has 1 atom stereocenters. The van der Waals surface area contributed by atoms with Gasteiger partial charge >= 0.3 is 0 Å². The van der Waals surface area contributed by atoms with Gasteiger partial charge in [-0.3, -0.25) is 0 Å². The minimum Gasteiger partial charge on any atom is -0.507 e. The Morgan fingerprint density at radius 3 is 2.59 bits per heavy atom. The van der Waals surface area contributed by atoms with E-state index in [0.29, 0.717) is 28.5 Å². The fraction of sp³-hybridized carbons (Fsp3) is 0.444. The number of aliphatic hydroxyl groups excluding tert-OH is 1. The molecule has 3 aromatic rings. The van der Waals surface area contributed by atoms with E-state index in [-0.39, 0.29) is 42.4 Å². The number of benzene rings is 1. The summed E-state index contributed by atoms with van der Waals surface area (Å²) in [5.74, 6) is 0.953. The van der Waals surface area contributed by atoms with Gasteiger partial charge in [-0.1, -0.05) is 19.1 Å². The normalized spacial score (nSPS) is 12.3. The fourth-order valence-corrected chi connectivity index (χ4v) is 2.78. The quantitative estimate of drug-likeness (QED) is 0.347. The summed E-state index contributed by atoms with van der Waals surface area (Å²) < 4.78 is 6.51. The number of phenolic OH excluding ortho intramolecular Hbond substituents is 2. The van der Waals surface area contributed by atoms with Crippen molar-refractivity contribution >= 4 is 22.9 Å². The van der Waals surface area contributed by atoms with Crippen LogP contribution in [0.2, 0.25) is 0 Å². The largest absolute Gasteiger partial charge is 0.507 e. The molecule has 11 nitrogen and oxygen atoms in total. The van der Waals surface area contributed by atoms with Crippen LogP contribution in [0.4, 0.5) is 11.8 Å². The lowest BCUT2D eigenvalue weighted by Gasteiger charge is -2.20. The Kier molecular flexibility index (Phi) is 5.87. The topological polar surface area (TPSA) is 150 Å². The van der Waals surface area contributed by atoms with E-state index in [1.807, 2.05) is 13.8 Å². The highest BCUT2D eigenvalue weighted by Crippen LogP contribution is 2.33. The smallest absolute Gasteiger partial charge is 0.227 e. The van der Waals surface area contributed by atoms with Crippen LogP contribution in [-0.4, -0.2) is 60.0 Å². The summed E-state index contributed by atoms with van der Waals surface area (Å²) in [6.07, 6.45) is 0. The number of phenols is 2. The van der Waals surface area contributed by atoms with E-state index in [1.165, 1.54) is 23.9 Å². The average Bonchev–Trinajstić information content (AvgIpc) is 3.07. The maximum absolute atomic E-state index is 10.2. The first-order valence-corrected chi connectivity index (χ1v) is 9.11. The van der Waals surface area contributed by atoms with Crippen molar-refractivity contribution in [3.8, 4) is 17.2 Å². The lowest BCUT2D eigenvalue weighted by Crippen LogP contribution is -2.30. The van der Waals surface area contributed by atoms with E-state index in [2.05, 4.69) is 30.9 Å². The molecular formula is C18H25N7O4. The van der Waals surface area contributed by atoms with Gasteiger partial charge in [0, 0.05) is 25.2 Å². The van der Waals surface area contributed by atoms with Crippen molar-refractivity contribution in [2.24, 2.45) is 13.0 Å². The molecule has 11 heteroatoms. The third-order valence-electron chi connectivity index (χ3n) is 4.59. The van der Waals surface area contributed by atoms with Crippen molar-refractivity contribution in [3.05, 3.63) is 17.7 Å². The highest BCUT2D eigenvalue weighted by atomic mass is 16.5. The van der Waals surface area contributed by atoms with Crippen molar-refractivity contribution < 1.29 is 20.1 Å². The molecule has 0 radical (unpaired) electrons. The third kappa shape index (κ3) is 4.24. The van der Waals surface area contributed by atoms with Crippen LogP contribution in [-0.2, 0) is 13.6 Å². The molecule has 1 aromatic carbocycles. The predicted octanol–water partition coefficient (Wildman–Crippen LogP) is 1.22. The third-order valence-corrected chi connectivity index (χ3v) is 4.59. The summed E-state index contributed by atoms with van der Waals surface area (Å²) >= 11 is 0. The summed E-state index contributed by atoms with van der Waals surface area (Å²) in [5, 5.41) is 44.0. The monoisotopic (exact) mass is 403 g/mol. The molecule has 0 bridgehead atoms. The summed E-state index contributed by atoms with van der Waals surface area (Å²) in [6.45, 7) is 4.07. The number of aromatic nitrogens is 5. The summed E-state index contributed by atoms with van der Waals surface area (Å²) in [7, 11) is 3.12. The minimum absolute atomic E-state index is 0.0323. The van der Waals surface area contributed by atoms with Crippen LogP contribution in [0.3, 0.4) is 0 Å². The number of anilines is 2. The van der Waals surface area contributed by atoms with E-state index in [9.17, 15) is 15.3 Å². The van der Waals surface area contributed by atoms with Gasteiger partial charge in [-0.15, -0.1) is 5.10 Å². The molecule has 0 saturated carbocycles. The molecule has 29 heavy (non-hydrogen) atoms. The molecule has 0 aliphatic heterocycles. The van der Waals surface area contributed by atoms with Gasteiger partial charge in [0.1, 0.15) is 5.75 Å². The number of nitrogens with one attached hydrogen (secondary N) is 2. The van der Waals surface area contributed by atoms with Gasteiger partial charge in [0.2, 0.25) is 5.95 Å². The Hall–Kier alpha value is -3.34. The lowest BCUT2D eigenvalue weighted by molar-refractivity contribution is 0.248. The number of methoxy groups -OCH3 is 1. The minimum atomic E-state index is -0.218. The summed E-state index contributed by atoms with van der Waals surface area (Å²) in [5.41, 5.74) is 1.41. The number of rotatable bonds is 8. The molecule has 156 valence electrons. The zero-order valence-electron chi connectivity index (χ0n) is 16.7. The Morgan fingerprint density at radius 2 is 1.93 bits per heavy atom. The number of aryl methyl sites for hydroxylation is 1. The molecule has 5 N–H and O–H groups in total. The molecular weight excluding hydrogens is 378 g/mol. The van der Waals surface area contributed by atoms with Crippen LogP contribution in [0.25, 0.3) is 11.2 Å². The molecule has 2 heterocycles. The van der Waals surface area contributed by atoms with E-state index in [0.717, 1.165) is 0 Å². The number of fused-ring (bicyclic) bond motifs is 1. The van der Waals surface area contributed by atoms with Crippen molar-refractivity contribution in [2.75, 3.05) is 24.4 Å². The number of hydrogen-bond donors (Lipinski definition) is 5. The molecule has 0 aliphatic rings. The van der Waals surface area contributed by atoms with Crippen LogP contribution in [0.5, 0.6) is 17.2 Å². The van der Waals surface area contributed by atoms with E-state index in [1.54, 1.807) is 7.05 Å². The maximum atomic E-state index is 10.2. The zero-order valence-corrected chi connectivity index (χ0v) is 16.7. The van der Waals surface area contributed by atoms with Gasteiger partial charge in [-0.05, 0) is 12.0 Å². The van der Waals surface area contributed by atoms with Crippen LogP contribution in [0, 0.1) is 5.92 Å². The number of ether oxygens (including phenoxy) is 1. The van der Waals surface area contributed by atoms with Crippen molar-refractivity contribution in [3.63, 3.8) is 0 Å². The highest BCUT2D eigenvalue weighted by Gasteiger charge is 2.18. The molecule has 3 rings (SSSR count). The van der Waals surface area contributed by atoms with Crippen molar-refractivity contribution in [1.29, 1.82) is 0 Å². The first kappa shape index (κ1) is 20.4. The Morgan fingerprint density at radius 1 is 1.17 bits per heavy atom. The first-order chi connectivity index (χ1) is 13.8. The summed E-state index contributed by atoms with van der Waals surface area (Å²) in [4.78, 5) is 8.89. The molecule has 0 unspecified atom stereocenters. The summed E-state index contributed by atoms with van der Waals surface area (Å²) in [6, 6.07) is 2.53. The Labute approximate surface area is 167 Å². The van der Waals surface area contributed by atoms with Gasteiger partial charge in [-0.25, -0.2) is 4.68 Å². The number of nitrogens with zero attached hydrogens (tertiary/aromatic N) is 5. The molecule has 0 aliphatic carbocycles. The van der Waals surface area contributed by atoms with E-state index in [4.69, 9.17) is 4.74 Å². The van der Waals surface area contributed by atoms with Gasteiger partial charge in [-0.2, -0.15) is 9.97 Å². The second kappa shape index (κ2) is 8.35. The Bertz CT molecular complexity index is 1010. The van der Waals surface area contributed by atoms with Gasteiger partial charge in [0.05, 0.1) is 19.8 Å². The number of aromatic hydroxyl groups is 2. The number of aliphatic hydroxyl groups is 1. The SMILES string of the molecule is COc1cc(O)c(CNc2nc(N[C@@H](CO)C(C)C)nc3c2nnn3C)cc1O. The molecule has 0 saturated heterocycles. The zero-order chi connectivity index (χ0) is 21.1. The standard InChI is InChI=1S/C18H25N7O4/c1-9(2)11(8-26)20-18-21-16(15-17(22-18)25(3)24-23-15)19-7-10-5-13(28)14(29-4)6-12(10)27/h5-6,9,11,26-28H,7-8H2,1-4H3,(H2,19,20,21,22)/t11-/m0/s1. The second-order valence-corrected chi connectivity index (χ2v) is 6.96. The molecule has 0 spiro atoms. The Balaban J connectivity index is 1.91. The highest BCUT2D eigenvalue weighted by molar-refractivity contribution is 5.83. The van der Waals surface area contributed by atoms with E-state index >= 15 is 0 Å². The fourth-order valence-electron chi connectivity index (χ4n) is 2.78. The van der Waals surface area contributed by atoms with Crippen LogP contribution < -0.4 is 15.4 Å². The lowest BCUT2D eigenvalue weighted by atomic mass is 10.1. The average molecular weight is 403 g/mol. The number of hydrogen-bond acceptors (Lipinski definition) is 10. The molecule has 2 aromatic heterocycles. The first-order valence-electron chi connectivity index (χ1n) is 9.11. The van der Waals surface area contributed by atoms with Gasteiger partial charge in [0.15, 0.2) is 28.5 Å². The van der Waals surface area contributed by atoms with Crippen molar-refractivity contribution in [1.82, 2.24) is 25.0 Å². The maximum Gasteiger partial charge on any atom is 0.227 e. The van der Waals surface area contributed by atoms with Crippen molar-refractivity contribution in [2.45, 2.75) is 26.4 Å².